The van der Waals surface area contributed by atoms with Gasteiger partial charge < -0.3 is 14.6 Å². The average molecular weight is 171 g/mol. The van der Waals surface area contributed by atoms with Crippen LogP contribution in [0.2, 0.25) is 0 Å². The molecule has 0 aliphatic carbocycles. The van der Waals surface area contributed by atoms with Gasteiger partial charge in [0.1, 0.15) is 5.60 Å². The van der Waals surface area contributed by atoms with Crippen LogP contribution in [0.4, 0.5) is 0 Å². The van der Waals surface area contributed by atoms with Gasteiger partial charge in [0.2, 0.25) is 0 Å². The first-order valence-corrected chi connectivity index (χ1v) is 3.83. The van der Waals surface area contributed by atoms with Crippen LogP contribution in [0.1, 0.15) is 26.7 Å². The van der Waals surface area contributed by atoms with Crippen molar-refractivity contribution in [1.29, 1.82) is 0 Å². The number of hydrogen-bond donors (Lipinski definition) is 0. The number of aliphatic carboxylic acids is 1. The van der Waals surface area contributed by atoms with Crippen molar-refractivity contribution in [3.63, 3.8) is 0 Å². The fourth-order valence-corrected chi connectivity index (χ4v) is 1.38. The van der Waals surface area contributed by atoms with E-state index in [2.05, 4.69) is 0 Å². The SMILES string of the molecule is CC1(C)OC(=O)C[C@H]1CC(=O)[O-]. The Morgan fingerprint density at radius 3 is 2.67 bits per heavy atom. The Labute approximate surface area is 70.5 Å². The molecule has 0 unspecified atom stereocenters. The van der Waals surface area contributed by atoms with E-state index in [4.69, 9.17) is 4.74 Å². The number of carbonyl (C=O) groups is 2. The van der Waals surface area contributed by atoms with Gasteiger partial charge in [-0.15, -0.1) is 0 Å². The van der Waals surface area contributed by atoms with Crippen LogP contribution in [0.25, 0.3) is 0 Å². The van der Waals surface area contributed by atoms with Crippen molar-refractivity contribution in [2.75, 3.05) is 0 Å². The summed E-state index contributed by atoms with van der Waals surface area (Å²) in [4.78, 5) is 21.1. The van der Waals surface area contributed by atoms with E-state index in [1.54, 1.807) is 13.8 Å². The summed E-state index contributed by atoms with van der Waals surface area (Å²) in [7, 11) is 0. The molecule has 0 saturated carbocycles. The molecule has 0 radical (unpaired) electrons. The molecular formula is C8H11O4-. The zero-order valence-electron chi connectivity index (χ0n) is 7.12. The van der Waals surface area contributed by atoms with Gasteiger partial charge in [0, 0.05) is 11.9 Å². The molecular weight excluding hydrogens is 160 g/mol. The summed E-state index contributed by atoms with van der Waals surface area (Å²) < 4.78 is 4.93. The molecule has 68 valence electrons. The molecule has 1 atom stereocenters. The average Bonchev–Trinajstić information content (AvgIpc) is 2.04. The number of carboxylic acids is 1. The first-order valence-electron chi connectivity index (χ1n) is 3.83. The minimum atomic E-state index is -1.13. The Hall–Kier alpha value is -1.06. The maximum atomic E-state index is 10.8. The van der Waals surface area contributed by atoms with Crippen LogP contribution >= 0.6 is 0 Å². The molecule has 1 fully saturated rings. The summed E-state index contributed by atoms with van der Waals surface area (Å²) >= 11 is 0. The molecule has 0 N–H and O–H groups in total. The van der Waals surface area contributed by atoms with Gasteiger partial charge in [0.25, 0.3) is 0 Å². The largest absolute Gasteiger partial charge is 0.550 e. The lowest BCUT2D eigenvalue weighted by Gasteiger charge is -2.24. The highest BCUT2D eigenvalue weighted by Gasteiger charge is 2.41. The van der Waals surface area contributed by atoms with E-state index in [-0.39, 0.29) is 24.7 Å². The highest BCUT2D eigenvalue weighted by atomic mass is 16.6. The number of rotatable bonds is 2. The summed E-state index contributed by atoms with van der Waals surface area (Å²) in [6.45, 7) is 3.43. The predicted octanol–water partition coefficient (Wildman–Crippen LogP) is -0.532. The highest BCUT2D eigenvalue weighted by Crippen LogP contribution is 2.34. The fraction of sp³-hybridized carbons (Fsp3) is 0.750. The minimum Gasteiger partial charge on any atom is -0.550 e. The number of hydrogen-bond acceptors (Lipinski definition) is 4. The number of carbonyl (C=O) groups excluding carboxylic acids is 2. The van der Waals surface area contributed by atoms with E-state index in [0.29, 0.717) is 0 Å². The number of carboxylic acid groups (broad SMARTS) is 1. The molecule has 4 nitrogen and oxygen atoms in total. The van der Waals surface area contributed by atoms with Gasteiger partial charge in [0.05, 0.1) is 6.42 Å². The minimum absolute atomic E-state index is 0.112. The molecule has 1 rings (SSSR count). The van der Waals surface area contributed by atoms with Crippen molar-refractivity contribution in [3.8, 4) is 0 Å². The Balaban J connectivity index is 2.65. The molecule has 1 heterocycles. The number of cyclic esters (lactones) is 1. The monoisotopic (exact) mass is 171 g/mol. The molecule has 1 aliphatic heterocycles. The van der Waals surface area contributed by atoms with Gasteiger partial charge in [0.15, 0.2) is 0 Å². The van der Waals surface area contributed by atoms with Crippen molar-refractivity contribution in [1.82, 2.24) is 0 Å². The summed E-state index contributed by atoms with van der Waals surface area (Å²) in [6.07, 6.45) is 0.0692. The van der Waals surface area contributed by atoms with Crippen LogP contribution in [0.15, 0.2) is 0 Å². The third-order valence-corrected chi connectivity index (χ3v) is 2.19. The van der Waals surface area contributed by atoms with Crippen molar-refractivity contribution >= 4 is 11.9 Å². The molecule has 1 saturated heterocycles. The van der Waals surface area contributed by atoms with Crippen LogP contribution in [0, 0.1) is 5.92 Å². The van der Waals surface area contributed by atoms with E-state index in [1.807, 2.05) is 0 Å². The maximum Gasteiger partial charge on any atom is 0.306 e. The Morgan fingerprint density at radius 2 is 2.33 bits per heavy atom. The van der Waals surface area contributed by atoms with Crippen molar-refractivity contribution in [2.45, 2.75) is 32.3 Å². The molecule has 0 spiro atoms. The van der Waals surface area contributed by atoms with Crippen LogP contribution in [-0.2, 0) is 14.3 Å². The summed E-state index contributed by atoms with van der Waals surface area (Å²) in [6, 6.07) is 0. The van der Waals surface area contributed by atoms with E-state index >= 15 is 0 Å². The lowest BCUT2D eigenvalue weighted by molar-refractivity contribution is -0.307. The zero-order valence-corrected chi connectivity index (χ0v) is 7.12. The standard InChI is InChI=1S/C8H12O4/c1-8(2)5(3-6(9)10)4-7(11)12-8/h5H,3-4H2,1-2H3,(H,9,10)/p-1/t5-/m1/s1. The van der Waals surface area contributed by atoms with Gasteiger partial charge in [-0.1, -0.05) is 0 Å². The second-order valence-electron chi connectivity index (χ2n) is 3.55. The van der Waals surface area contributed by atoms with E-state index in [9.17, 15) is 14.7 Å². The van der Waals surface area contributed by atoms with E-state index < -0.39 is 11.6 Å². The van der Waals surface area contributed by atoms with Crippen molar-refractivity contribution in [2.24, 2.45) is 5.92 Å². The molecule has 0 aromatic carbocycles. The van der Waals surface area contributed by atoms with E-state index in [0.717, 1.165) is 0 Å². The summed E-state index contributed by atoms with van der Waals surface area (Å²) in [5.41, 5.74) is -0.656. The first-order chi connectivity index (χ1) is 5.42. The lowest BCUT2D eigenvalue weighted by atomic mass is 9.88. The lowest BCUT2D eigenvalue weighted by Crippen LogP contribution is -2.33. The summed E-state index contributed by atoms with van der Waals surface area (Å²) in [5.74, 6) is -1.72. The Kier molecular flexibility index (Phi) is 2.08. The molecule has 0 aromatic rings. The highest BCUT2D eigenvalue weighted by molar-refractivity contribution is 5.74. The topological polar surface area (TPSA) is 66.4 Å². The number of esters is 1. The van der Waals surface area contributed by atoms with Gasteiger partial charge in [-0.2, -0.15) is 0 Å². The third kappa shape index (κ3) is 1.75. The maximum absolute atomic E-state index is 10.8. The summed E-state index contributed by atoms with van der Waals surface area (Å²) in [5, 5.41) is 10.3. The van der Waals surface area contributed by atoms with Crippen LogP contribution in [0.5, 0.6) is 0 Å². The normalized spacial score (nSPS) is 26.8. The molecule has 0 bridgehead atoms. The van der Waals surface area contributed by atoms with Crippen molar-refractivity contribution < 1.29 is 19.4 Å². The van der Waals surface area contributed by atoms with Crippen LogP contribution in [-0.4, -0.2) is 17.5 Å². The van der Waals surface area contributed by atoms with Gasteiger partial charge in [-0.05, 0) is 20.3 Å². The number of ether oxygens (including phenoxy) is 1. The van der Waals surface area contributed by atoms with Gasteiger partial charge in [-0.3, -0.25) is 4.79 Å². The quantitative estimate of drug-likeness (QED) is 0.524. The molecule has 0 aromatic heterocycles. The fourth-order valence-electron chi connectivity index (χ4n) is 1.38. The second-order valence-corrected chi connectivity index (χ2v) is 3.55. The van der Waals surface area contributed by atoms with E-state index in [1.165, 1.54) is 0 Å². The van der Waals surface area contributed by atoms with Crippen LogP contribution < -0.4 is 5.11 Å². The van der Waals surface area contributed by atoms with Gasteiger partial charge in [-0.25, -0.2) is 0 Å². The predicted molar refractivity (Wildman–Crippen MR) is 37.9 cm³/mol. The third-order valence-electron chi connectivity index (χ3n) is 2.19. The first kappa shape index (κ1) is 9.03. The van der Waals surface area contributed by atoms with Crippen molar-refractivity contribution in [3.05, 3.63) is 0 Å². The Morgan fingerprint density at radius 1 is 1.75 bits per heavy atom. The Bertz CT molecular complexity index is 219. The van der Waals surface area contributed by atoms with Gasteiger partial charge >= 0.3 is 5.97 Å². The zero-order chi connectivity index (χ0) is 9.35. The van der Waals surface area contributed by atoms with Crippen LogP contribution in [0.3, 0.4) is 0 Å². The molecule has 12 heavy (non-hydrogen) atoms. The molecule has 4 heteroatoms. The molecule has 1 aliphatic rings. The second kappa shape index (κ2) is 2.77. The smallest absolute Gasteiger partial charge is 0.306 e. The molecule has 0 amide bonds.